The van der Waals surface area contributed by atoms with Crippen molar-refractivity contribution in [2.75, 3.05) is 0 Å². The molecule has 2 aromatic rings. The molecule has 0 fully saturated rings. The Morgan fingerprint density at radius 3 is 2.35 bits per heavy atom. The Morgan fingerprint density at radius 2 is 1.85 bits per heavy atom. The number of aryl methyl sites for hydroxylation is 1. The molecule has 4 nitrogen and oxygen atoms in total. The second-order valence-electron chi connectivity index (χ2n) is 4.72. The number of imidazole rings is 1. The van der Waals surface area contributed by atoms with Crippen molar-refractivity contribution in [3.63, 3.8) is 0 Å². The average molecular weight is 306 g/mol. The van der Waals surface area contributed by atoms with Crippen LogP contribution in [-0.2, 0) is 9.84 Å². The SMILES string of the molecule is Cc1nc2cc(S(=O)(=O)C(F)(F)F)ccc2n1C(C)C. The maximum atomic E-state index is 12.5. The lowest BCUT2D eigenvalue weighted by atomic mass is 10.3. The van der Waals surface area contributed by atoms with Crippen LogP contribution in [0.15, 0.2) is 23.1 Å². The highest BCUT2D eigenvalue weighted by Crippen LogP contribution is 2.32. The van der Waals surface area contributed by atoms with E-state index in [1.165, 1.54) is 6.07 Å². The first-order valence-corrected chi connectivity index (χ1v) is 7.34. The molecule has 0 saturated carbocycles. The molecule has 1 heterocycles. The summed E-state index contributed by atoms with van der Waals surface area (Å²) in [5.41, 5.74) is -4.46. The van der Waals surface area contributed by atoms with E-state index in [9.17, 15) is 21.6 Å². The number of hydrogen-bond acceptors (Lipinski definition) is 3. The molecule has 2 rings (SSSR count). The van der Waals surface area contributed by atoms with Gasteiger partial charge in [-0.05, 0) is 39.0 Å². The van der Waals surface area contributed by atoms with Gasteiger partial charge >= 0.3 is 5.51 Å². The predicted octanol–water partition coefficient (Wildman–Crippen LogP) is 3.22. The maximum Gasteiger partial charge on any atom is 0.501 e. The average Bonchev–Trinajstić information content (AvgIpc) is 2.61. The third-order valence-electron chi connectivity index (χ3n) is 2.97. The summed E-state index contributed by atoms with van der Waals surface area (Å²) in [5, 5.41) is 0. The highest BCUT2D eigenvalue weighted by molar-refractivity contribution is 7.92. The molecule has 1 aromatic heterocycles. The monoisotopic (exact) mass is 306 g/mol. The molecule has 0 aliphatic rings. The molecule has 0 atom stereocenters. The lowest BCUT2D eigenvalue weighted by Gasteiger charge is -2.11. The van der Waals surface area contributed by atoms with Crippen LogP contribution in [0.1, 0.15) is 25.7 Å². The smallest absolute Gasteiger partial charge is 0.326 e. The van der Waals surface area contributed by atoms with Gasteiger partial charge in [-0.3, -0.25) is 0 Å². The zero-order valence-electron chi connectivity index (χ0n) is 11.1. The standard InChI is InChI=1S/C12H13F3N2O2S/c1-7(2)17-8(3)16-10-6-9(4-5-11(10)17)20(18,19)12(13,14)15/h4-7H,1-3H3. The minimum absolute atomic E-state index is 0.0741. The van der Waals surface area contributed by atoms with Crippen LogP contribution < -0.4 is 0 Å². The van der Waals surface area contributed by atoms with Gasteiger partial charge < -0.3 is 4.57 Å². The Bertz CT molecular complexity index is 761. The molecule has 0 aliphatic heterocycles. The molecule has 110 valence electrons. The van der Waals surface area contributed by atoms with Crippen LogP contribution in [0.5, 0.6) is 0 Å². The van der Waals surface area contributed by atoms with E-state index in [2.05, 4.69) is 4.98 Å². The van der Waals surface area contributed by atoms with Gasteiger partial charge in [-0.25, -0.2) is 13.4 Å². The van der Waals surface area contributed by atoms with Gasteiger partial charge in [0.25, 0.3) is 9.84 Å². The summed E-state index contributed by atoms with van der Waals surface area (Å²) in [6.07, 6.45) is 0. The van der Waals surface area contributed by atoms with Crippen molar-refractivity contribution in [3.05, 3.63) is 24.0 Å². The first kappa shape index (κ1) is 14.8. The lowest BCUT2D eigenvalue weighted by molar-refractivity contribution is -0.0435. The van der Waals surface area contributed by atoms with Crippen LogP contribution in [0.2, 0.25) is 0 Å². The number of alkyl halides is 3. The topological polar surface area (TPSA) is 52.0 Å². The Kier molecular flexibility index (Phi) is 3.32. The molecule has 0 radical (unpaired) electrons. The van der Waals surface area contributed by atoms with E-state index in [0.717, 1.165) is 12.1 Å². The lowest BCUT2D eigenvalue weighted by Crippen LogP contribution is -2.23. The van der Waals surface area contributed by atoms with E-state index in [1.807, 2.05) is 18.4 Å². The first-order valence-electron chi connectivity index (χ1n) is 5.85. The van der Waals surface area contributed by atoms with E-state index in [0.29, 0.717) is 11.3 Å². The number of rotatable bonds is 2. The quantitative estimate of drug-likeness (QED) is 0.856. The molecule has 0 bridgehead atoms. The number of hydrogen-bond donors (Lipinski definition) is 0. The maximum absolute atomic E-state index is 12.5. The number of halogens is 3. The van der Waals surface area contributed by atoms with Gasteiger partial charge in [-0.2, -0.15) is 13.2 Å². The summed E-state index contributed by atoms with van der Waals surface area (Å²) >= 11 is 0. The van der Waals surface area contributed by atoms with Crippen molar-refractivity contribution in [2.45, 2.75) is 37.2 Å². The summed E-state index contributed by atoms with van der Waals surface area (Å²) in [6, 6.07) is 3.36. The van der Waals surface area contributed by atoms with E-state index >= 15 is 0 Å². The molecule has 1 aromatic carbocycles. The number of benzene rings is 1. The van der Waals surface area contributed by atoms with Crippen LogP contribution >= 0.6 is 0 Å². The molecular weight excluding hydrogens is 293 g/mol. The number of nitrogens with zero attached hydrogens (tertiary/aromatic N) is 2. The van der Waals surface area contributed by atoms with Crippen molar-refractivity contribution in [1.82, 2.24) is 9.55 Å². The largest absolute Gasteiger partial charge is 0.501 e. The van der Waals surface area contributed by atoms with Crippen LogP contribution in [0, 0.1) is 6.92 Å². The molecule has 0 spiro atoms. The van der Waals surface area contributed by atoms with E-state index in [4.69, 9.17) is 0 Å². The fourth-order valence-corrected chi connectivity index (χ4v) is 2.93. The van der Waals surface area contributed by atoms with Gasteiger partial charge in [0.15, 0.2) is 0 Å². The minimum atomic E-state index is -5.34. The normalized spacial score (nSPS) is 13.3. The second kappa shape index (κ2) is 4.47. The van der Waals surface area contributed by atoms with E-state index in [1.54, 1.807) is 6.92 Å². The van der Waals surface area contributed by atoms with Gasteiger partial charge in [-0.1, -0.05) is 0 Å². The summed E-state index contributed by atoms with van der Waals surface area (Å²) in [5.74, 6) is 0.622. The second-order valence-corrected chi connectivity index (χ2v) is 6.66. The van der Waals surface area contributed by atoms with Crippen LogP contribution in [0.3, 0.4) is 0 Å². The molecular formula is C12H13F3N2O2S. The van der Waals surface area contributed by atoms with Crippen molar-refractivity contribution in [3.8, 4) is 0 Å². The molecule has 0 amide bonds. The Balaban J connectivity index is 2.69. The first-order chi connectivity index (χ1) is 9.05. The predicted molar refractivity (Wildman–Crippen MR) is 68.1 cm³/mol. The zero-order valence-corrected chi connectivity index (χ0v) is 11.9. The van der Waals surface area contributed by atoms with E-state index < -0.39 is 20.2 Å². The van der Waals surface area contributed by atoms with Gasteiger partial charge in [0.1, 0.15) is 5.82 Å². The van der Waals surface area contributed by atoms with Gasteiger partial charge in [0, 0.05) is 6.04 Å². The van der Waals surface area contributed by atoms with Gasteiger partial charge in [-0.15, -0.1) is 0 Å². The van der Waals surface area contributed by atoms with Crippen molar-refractivity contribution in [1.29, 1.82) is 0 Å². The highest BCUT2D eigenvalue weighted by Gasteiger charge is 2.47. The van der Waals surface area contributed by atoms with Crippen LogP contribution in [0.4, 0.5) is 13.2 Å². The van der Waals surface area contributed by atoms with Crippen LogP contribution in [-0.4, -0.2) is 23.5 Å². The Hall–Kier alpha value is -1.57. The molecule has 0 aliphatic carbocycles. The molecule has 0 saturated heterocycles. The summed E-state index contributed by atoms with van der Waals surface area (Å²) < 4.78 is 62.1. The summed E-state index contributed by atoms with van der Waals surface area (Å²) in [7, 11) is -5.34. The Labute approximate surface area is 114 Å². The molecule has 0 unspecified atom stereocenters. The molecule has 0 N–H and O–H groups in total. The van der Waals surface area contributed by atoms with Crippen molar-refractivity contribution in [2.24, 2.45) is 0 Å². The summed E-state index contributed by atoms with van der Waals surface area (Å²) in [6.45, 7) is 5.54. The number of fused-ring (bicyclic) bond motifs is 1. The zero-order chi connectivity index (χ0) is 15.3. The Morgan fingerprint density at radius 1 is 1.25 bits per heavy atom. The third kappa shape index (κ3) is 2.17. The fraction of sp³-hybridized carbons (Fsp3) is 0.417. The summed E-state index contributed by atoms with van der Waals surface area (Å²) in [4.78, 5) is 3.34. The van der Waals surface area contributed by atoms with Crippen LogP contribution in [0.25, 0.3) is 11.0 Å². The number of sulfone groups is 1. The highest BCUT2D eigenvalue weighted by atomic mass is 32.2. The minimum Gasteiger partial charge on any atom is -0.326 e. The van der Waals surface area contributed by atoms with Gasteiger partial charge in [0.2, 0.25) is 0 Å². The van der Waals surface area contributed by atoms with Gasteiger partial charge in [0.05, 0.1) is 15.9 Å². The van der Waals surface area contributed by atoms with E-state index in [-0.39, 0.29) is 11.6 Å². The molecule has 20 heavy (non-hydrogen) atoms. The fourth-order valence-electron chi connectivity index (χ4n) is 2.15. The third-order valence-corrected chi connectivity index (χ3v) is 4.45. The molecule has 8 heteroatoms. The number of aromatic nitrogens is 2. The van der Waals surface area contributed by atoms with Crippen molar-refractivity contribution < 1.29 is 21.6 Å². The van der Waals surface area contributed by atoms with Crippen molar-refractivity contribution >= 4 is 20.9 Å².